The summed E-state index contributed by atoms with van der Waals surface area (Å²) in [6, 6.07) is 4.61. The van der Waals surface area contributed by atoms with Gasteiger partial charge in [-0.3, -0.25) is 4.79 Å². The van der Waals surface area contributed by atoms with Crippen molar-refractivity contribution in [3.05, 3.63) is 33.8 Å². The summed E-state index contributed by atoms with van der Waals surface area (Å²) in [4.78, 5) is 13.8. The van der Waals surface area contributed by atoms with Crippen LogP contribution in [0.1, 0.15) is 23.7 Å². The molecule has 0 fully saturated rings. The molecule has 1 amide bonds. The molecule has 1 rings (SSSR count). The zero-order valence-corrected chi connectivity index (χ0v) is 12.1. The van der Waals surface area contributed by atoms with Gasteiger partial charge in [0.15, 0.2) is 0 Å². The molecule has 0 aliphatic rings. The van der Waals surface area contributed by atoms with Gasteiger partial charge in [0.05, 0.1) is 15.6 Å². The van der Waals surface area contributed by atoms with Gasteiger partial charge in [-0.1, -0.05) is 34.4 Å². The Kier molecular flexibility index (Phi) is 5.44. The number of hydrogen-bond donors (Lipinski definition) is 2. The van der Waals surface area contributed by atoms with Crippen LogP contribution in [0, 0.1) is 0 Å². The number of hydrogen-bond acceptors (Lipinski definition) is 3. The van der Waals surface area contributed by atoms with Crippen molar-refractivity contribution in [1.82, 2.24) is 4.90 Å². The minimum absolute atomic E-state index is 0.0532. The van der Waals surface area contributed by atoms with E-state index in [1.807, 2.05) is 0 Å². The first kappa shape index (κ1) is 15.6. The molecule has 0 saturated heterocycles. The lowest BCUT2D eigenvalue weighted by molar-refractivity contribution is 0.0747. The van der Waals surface area contributed by atoms with Crippen molar-refractivity contribution >= 4 is 34.9 Å². The third kappa shape index (κ3) is 3.75. The third-order valence-electron chi connectivity index (χ3n) is 2.79. The first-order chi connectivity index (χ1) is 8.88. The summed E-state index contributed by atoms with van der Waals surface area (Å²) in [5.41, 5.74) is 5.67. The second-order valence-corrected chi connectivity index (χ2v) is 4.97. The van der Waals surface area contributed by atoms with Crippen molar-refractivity contribution in [1.29, 1.82) is 0 Å². The fourth-order valence-electron chi connectivity index (χ4n) is 1.56. The maximum Gasteiger partial charge on any atom is 0.256 e. The minimum atomic E-state index is -0.311. The Morgan fingerprint density at radius 3 is 2.47 bits per heavy atom. The summed E-state index contributed by atoms with van der Waals surface area (Å²) >= 11 is 12.0. The molecule has 0 spiro atoms. The van der Waals surface area contributed by atoms with Crippen molar-refractivity contribution < 1.29 is 10.0 Å². The molecule has 0 radical (unpaired) electrons. The lowest BCUT2D eigenvalue weighted by atomic mass is 10.1. The standard InChI is InChI=1S/C12H15Cl2N3O2/c1-7(6-10(15)16-19)17(2)12(18)11-8(13)4-3-5-9(11)14/h3-5,7,19H,6H2,1-2H3,(H2,15,16). The molecule has 0 bridgehead atoms. The smallest absolute Gasteiger partial charge is 0.256 e. The van der Waals surface area contributed by atoms with E-state index in [4.69, 9.17) is 34.1 Å². The maximum absolute atomic E-state index is 12.3. The molecule has 0 aromatic heterocycles. The van der Waals surface area contributed by atoms with Gasteiger partial charge >= 0.3 is 0 Å². The molecule has 0 aliphatic heterocycles. The number of rotatable bonds is 4. The van der Waals surface area contributed by atoms with Crippen molar-refractivity contribution in [2.75, 3.05) is 7.05 Å². The van der Waals surface area contributed by atoms with E-state index in [2.05, 4.69) is 5.16 Å². The van der Waals surface area contributed by atoms with Crippen LogP contribution >= 0.6 is 23.2 Å². The fraction of sp³-hybridized carbons (Fsp3) is 0.333. The highest BCUT2D eigenvalue weighted by Gasteiger charge is 2.22. The molecule has 1 unspecified atom stereocenters. The van der Waals surface area contributed by atoms with E-state index in [0.717, 1.165) is 0 Å². The molecule has 0 aliphatic carbocycles. The second-order valence-electron chi connectivity index (χ2n) is 4.16. The van der Waals surface area contributed by atoms with Crippen LogP contribution in [0.25, 0.3) is 0 Å². The van der Waals surface area contributed by atoms with E-state index in [-0.39, 0.29) is 29.8 Å². The number of halogens is 2. The van der Waals surface area contributed by atoms with Crippen LogP contribution in [-0.4, -0.2) is 34.9 Å². The Hall–Kier alpha value is -1.46. The number of nitrogens with two attached hydrogens (primary N) is 1. The molecule has 1 atom stereocenters. The highest BCUT2D eigenvalue weighted by atomic mass is 35.5. The molecule has 1 aromatic carbocycles. The number of nitrogens with zero attached hydrogens (tertiary/aromatic N) is 2. The number of carbonyl (C=O) groups excluding carboxylic acids is 1. The van der Waals surface area contributed by atoms with Crippen LogP contribution in [0.15, 0.2) is 23.4 Å². The third-order valence-corrected chi connectivity index (χ3v) is 3.42. The Bertz CT molecular complexity index is 485. The van der Waals surface area contributed by atoms with Crippen molar-refractivity contribution in [2.24, 2.45) is 10.9 Å². The van der Waals surface area contributed by atoms with Crippen molar-refractivity contribution in [3.8, 4) is 0 Å². The molecular formula is C12H15Cl2N3O2. The average molecular weight is 304 g/mol. The molecule has 3 N–H and O–H groups in total. The number of amidine groups is 1. The molecule has 7 heteroatoms. The zero-order chi connectivity index (χ0) is 14.6. The predicted octanol–water partition coefficient (Wildman–Crippen LogP) is 2.59. The van der Waals surface area contributed by atoms with Gasteiger partial charge in [-0.05, 0) is 19.1 Å². The maximum atomic E-state index is 12.3. The van der Waals surface area contributed by atoms with Gasteiger partial charge in [0.2, 0.25) is 0 Å². The Labute approximate surface area is 121 Å². The van der Waals surface area contributed by atoms with Gasteiger partial charge in [-0.15, -0.1) is 0 Å². The van der Waals surface area contributed by atoms with Crippen LogP contribution in [0.3, 0.4) is 0 Å². The van der Waals surface area contributed by atoms with E-state index in [9.17, 15) is 4.79 Å². The van der Waals surface area contributed by atoms with Gasteiger partial charge in [0.25, 0.3) is 5.91 Å². The Morgan fingerprint density at radius 1 is 1.47 bits per heavy atom. The normalized spacial score (nSPS) is 13.2. The number of carbonyl (C=O) groups is 1. The Morgan fingerprint density at radius 2 is 2.00 bits per heavy atom. The van der Waals surface area contributed by atoms with Gasteiger partial charge in [0.1, 0.15) is 5.84 Å². The van der Waals surface area contributed by atoms with Crippen molar-refractivity contribution in [3.63, 3.8) is 0 Å². The molecule has 0 heterocycles. The van der Waals surface area contributed by atoms with Gasteiger partial charge < -0.3 is 15.8 Å². The summed E-state index contributed by atoms with van der Waals surface area (Å²) in [6.07, 6.45) is 0.251. The molecule has 104 valence electrons. The molecule has 19 heavy (non-hydrogen) atoms. The Balaban J connectivity index is 2.94. The van der Waals surface area contributed by atoms with Crippen LogP contribution in [0.4, 0.5) is 0 Å². The predicted molar refractivity (Wildman–Crippen MR) is 76.0 cm³/mol. The van der Waals surface area contributed by atoms with Crippen LogP contribution in [-0.2, 0) is 0 Å². The topological polar surface area (TPSA) is 78.9 Å². The number of benzene rings is 1. The summed E-state index contributed by atoms with van der Waals surface area (Å²) in [5.74, 6) is -0.258. The molecular weight excluding hydrogens is 289 g/mol. The summed E-state index contributed by atoms with van der Waals surface area (Å²) in [5, 5.41) is 12.0. The zero-order valence-electron chi connectivity index (χ0n) is 10.6. The molecule has 1 aromatic rings. The first-order valence-corrected chi connectivity index (χ1v) is 6.31. The lowest BCUT2D eigenvalue weighted by Gasteiger charge is -2.25. The van der Waals surface area contributed by atoms with Crippen LogP contribution in [0.2, 0.25) is 10.0 Å². The SMILES string of the molecule is CC(CC(N)=NO)N(C)C(=O)c1c(Cl)cccc1Cl. The van der Waals surface area contributed by atoms with Gasteiger partial charge in [-0.25, -0.2) is 0 Å². The second kappa shape index (κ2) is 6.63. The van der Waals surface area contributed by atoms with Crippen LogP contribution in [0.5, 0.6) is 0 Å². The lowest BCUT2D eigenvalue weighted by Crippen LogP contribution is -2.38. The monoisotopic (exact) mass is 303 g/mol. The van der Waals surface area contributed by atoms with E-state index in [0.29, 0.717) is 10.0 Å². The highest BCUT2D eigenvalue weighted by molar-refractivity contribution is 6.39. The average Bonchev–Trinajstić information content (AvgIpc) is 2.37. The van der Waals surface area contributed by atoms with Gasteiger partial charge in [-0.2, -0.15) is 0 Å². The summed E-state index contributed by atoms with van der Waals surface area (Å²) < 4.78 is 0. The van der Waals surface area contributed by atoms with Gasteiger partial charge in [0, 0.05) is 19.5 Å². The number of amides is 1. The van der Waals surface area contributed by atoms with E-state index in [1.165, 1.54) is 4.90 Å². The highest BCUT2D eigenvalue weighted by Crippen LogP contribution is 2.26. The summed E-state index contributed by atoms with van der Waals surface area (Å²) in [7, 11) is 1.61. The van der Waals surface area contributed by atoms with Crippen LogP contribution < -0.4 is 5.73 Å². The minimum Gasteiger partial charge on any atom is -0.409 e. The molecule has 5 nitrogen and oxygen atoms in total. The quantitative estimate of drug-likeness (QED) is 0.388. The van der Waals surface area contributed by atoms with E-state index < -0.39 is 0 Å². The summed E-state index contributed by atoms with van der Waals surface area (Å²) in [6.45, 7) is 1.78. The molecule has 0 saturated carbocycles. The van der Waals surface area contributed by atoms with Crippen molar-refractivity contribution in [2.45, 2.75) is 19.4 Å². The van der Waals surface area contributed by atoms with E-state index >= 15 is 0 Å². The number of oxime groups is 1. The largest absolute Gasteiger partial charge is 0.409 e. The van der Waals surface area contributed by atoms with E-state index in [1.54, 1.807) is 32.2 Å². The first-order valence-electron chi connectivity index (χ1n) is 5.56. The fourth-order valence-corrected chi connectivity index (χ4v) is 2.12.